The molecule has 0 fully saturated rings. The molecule has 2 aromatic rings. The van der Waals surface area contributed by atoms with E-state index in [0.717, 1.165) is 15.3 Å². The van der Waals surface area contributed by atoms with Gasteiger partial charge in [0.05, 0.1) is 6.04 Å². The normalized spacial score (nSPS) is 12.2. The first kappa shape index (κ1) is 13.1. The number of rotatable bonds is 3. The highest BCUT2D eigenvalue weighted by atomic mass is 127. The van der Waals surface area contributed by atoms with Crippen LogP contribution in [0.2, 0.25) is 0 Å². The number of aromatic hydroxyl groups is 1. The fourth-order valence-corrected chi connectivity index (χ4v) is 2.32. The van der Waals surface area contributed by atoms with Crippen molar-refractivity contribution < 1.29 is 9.50 Å². The minimum atomic E-state index is -0.402. The van der Waals surface area contributed by atoms with Gasteiger partial charge >= 0.3 is 0 Å². The highest BCUT2D eigenvalue weighted by Crippen LogP contribution is 2.24. The van der Waals surface area contributed by atoms with Crippen molar-refractivity contribution in [3.8, 4) is 5.75 Å². The summed E-state index contributed by atoms with van der Waals surface area (Å²) in [7, 11) is 0. The third-order valence-electron chi connectivity index (χ3n) is 2.66. The van der Waals surface area contributed by atoms with Gasteiger partial charge in [0.15, 0.2) is 0 Å². The van der Waals surface area contributed by atoms with Crippen molar-refractivity contribution >= 4 is 28.3 Å². The molecule has 0 amide bonds. The minimum absolute atomic E-state index is 0.0577. The quantitative estimate of drug-likeness (QED) is 0.803. The van der Waals surface area contributed by atoms with Crippen LogP contribution in [0.1, 0.15) is 18.5 Å². The molecule has 18 heavy (non-hydrogen) atoms. The number of anilines is 1. The van der Waals surface area contributed by atoms with Crippen molar-refractivity contribution in [3.05, 3.63) is 57.4 Å². The number of hydrogen-bond acceptors (Lipinski definition) is 2. The summed E-state index contributed by atoms with van der Waals surface area (Å²) in [6, 6.07) is 11.9. The Morgan fingerprint density at radius 3 is 2.67 bits per heavy atom. The van der Waals surface area contributed by atoms with Crippen LogP contribution in [0.3, 0.4) is 0 Å². The van der Waals surface area contributed by atoms with Gasteiger partial charge in [0, 0.05) is 20.9 Å². The van der Waals surface area contributed by atoms with Crippen molar-refractivity contribution in [3.63, 3.8) is 0 Å². The highest BCUT2D eigenvalue weighted by molar-refractivity contribution is 14.1. The SMILES string of the molecule is CC(Nc1cccc(I)c1)c1ccc(O)cc1F. The lowest BCUT2D eigenvalue weighted by molar-refractivity contribution is 0.467. The molecule has 2 rings (SSSR count). The molecule has 94 valence electrons. The number of benzene rings is 2. The van der Waals surface area contributed by atoms with E-state index in [1.165, 1.54) is 6.07 Å². The van der Waals surface area contributed by atoms with E-state index >= 15 is 0 Å². The second-order valence-electron chi connectivity index (χ2n) is 4.08. The van der Waals surface area contributed by atoms with E-state index in [0.29, 0.717) is 5.56 Å². The molecular weight excluding hydrogens is 344 g/mol. The summed E-state index contributed by atoms with van der Waals surface area (Å²) >= 11 is 2.23. The van der Waals surface area contributed by atoms with Crippen molar-refractivity contribution in [2.75, 3.05) is 5.32 Å². The smallest absolute Gasteiger partial charge is 0.132 e. The fraction of sp³-hybridized carbons (Fsp3) is 0.143. The molecule has 2 nitrogen and oxygen atoms in total. The molecule has 2 N–H and O–H groups in total. The van der Waals surface area contributed by atoms with Crippen LogP contribution < -0.4 is 5.32 Å². The highest BCUT2D eigenvalue weighted by Gasteiger charge is 2.11. The minimum Gasteiger partial charge on any atom is -0.508 e. The molecule has 0 aliphatic carbocycles. The molecule has 0 saturated carbocycles. The van der Waals surface area contributed by atoms with E-state index in [-0.39, 0.29) is 11.8 Å². The van der Waals surface area contributed by atoms with Gasteiger partial charge in [-0.3, -0.25) is 0 Å². The van der Waals surface area contributed by atoms with E-state index in [1.54, 1.807) is 6.07 Å². The Bertz CT molecular complexity index is 559. The summed E-state index contributed by atoms with van der Waals surface area (Å²) in [5.74, 6) is -0.460. The van der Waals surface area contributed by atoms with Crippen LogP contribution in [-0.4, -0.2) is 5.11 Å². The first-order valence-corrected chi connectivity index (χ1v) is 6.64. The maximum Gasteiger partial charge on any atom is 0.132 e. The van der Waals surface area contributed by atoms with Gasteiger partial charge < -0.3 is 10.4 Å². The lowest BCUT2D eigenvalue weighted by Crippen LogP contribution is -2.08. The van der Waals surface area contributed by atoms with Gasteiger partial charge in [-0.25, -0.2) is 4.39 Å². The van der Waals surface area contributed by atoms with Crippen LogP contribution in [0, 0.1) is 9.39 Å². The summed E-state index contributed by atoms with van der Waals surface area (Å²) in [6.45, 7) is 1.88. The van der Waals surface area contributed by atoms with E-state index < -0.39 is 5.82 Å². The number of halogens is 2. The van der Waals surface area contributed by atoms with Gasteiger partial charge in [0.2, 0.25) is 0 Å². The third kappa shape index (κ3) is 3.13. The number of phenolic OH excluding ortho intramolecular Hbond substituents is 1. The Morgan fingerprint density at radius 1 is 1.22 bits per heavy atom. The molecule has 0 saturated heterocycles. The monoisotopic (exact) mass is 357 g/mol. The van der Waals surface area contributed by atoms with Gasteiger partial charge in [-0.15, -0.1) is 0 Å². The van der Waals surface area contributed by atoms with Crippen LogP contribution in [0.15, 0.2) is 42.5 Å². The van der Waals surface area contributed by atoms with Gasteiger partial charge in [0.1, 0.15) is 11.6 Å². The van der Waals surface area contributed by atoms with Crippen LogP contribution in [-0.2, 0) is 0 Å². The van der Waals surface area contributed by atoms with E-state index in [2.05, 4.69) is 27.9 Å². The maximum absolute atomic E-state index is 13.7. The van der Waals surface area contributed by atoms with Gasteiger partial charge in [0.25, 0.3) is 0 Å². The predicted octanol–water partition coefficient (Wildman–Crippen LogP) is 4.31. The van der Waals surface area contributed by atoms with Crippen LogP contribution in [0.5, 0.6) is 5.75 Å². The molecule has 0 heterocycles. The molecule has 2 aromatic carbocycles. The molecule has 1 unspecified atom stereocenters. The number of hydrogen-bond donors (Lipinski definition) is 2. The number of phenols is 1. The average molecular weight is 357 g/mol. The van der Waals surface area contributed by atoms with Crippen LogP contribution in [0.4, 0.5) is 10.1 Å². The molecule has 0 aromatic heterocycles. The molecule has 4 heteroatoms. The molecule has 0 bridgehead atoms. The van der Waals surface area contributed by atoms with Crippen molar-refractivity contribution in [2.45, 2.75) is 13.0 Å². The Labute approximate surface area is 119 Å². The molecular formula is C14H13FINO. The standard InChI is InChI=1S/C14H13FINO/c1-9(13-6-5-12(18)8-14(13)15)17-11-4-2-3-10(16)7-11/h2-9,17-18H,1H3. The predicted molar refractivity (Wildman–Crippen MR) is 79.3 cm³/mol. The third-order valence-corrected chi connectivity index (χ3v) is 3.33. The zero-order valence-electron chi connectivity index (χ0n) is 9.82. The summed E-state index contributed by atoms with van der Waals surface area (Å²) < 4.78 is 14.8. The molecule has 0 spiro atoms. The molecule has 1 atom stereocenters. The van der Waals surface area contributed by atoms with Crippen LogP contribution in [0.25, 0.3) is 0 Å². The van der Waals surface area contributed by atoms with Gasteiger partial charge in [-0.2, -0.15) is 0 Å². The Hall–Kier alpha value is -1.30. The lowest BCUT2D eigenvalue weighted by Gasteiger charge is -2.16. The van der Waals surface area contributed by atoms with Gasteiger partial charge in [-0.1, -0.05) is 12.1 Å². The second-order valence-corrected chi connectivity index (χ2v) is 5.33. The summed E-state index contributed by atoms with van der Waals surface area (Å²) in [5.41, 5.74) is 1.48. The zero-order chi connectivity index (χ0) is 13.1. The maximum atomic E-state index is 13.7. The van der Waals surface area contributed by atoms with Crippen molar-refractivity contribution in [1.29, 1.82) is 0 Å². The van der Waals surface area contributed by atoms with E-state index in [4.69, 9.17) is 0 Å². The molecule has 0 radical (unpaired) electrons. The topological polar surface area (TPSA) is 32.3 Å². The largest absolute Gasteiger partial charge is 0.508 e. The average Bonchev–Trinajstić information content (AvgIpc) is 2.28. The lowest BCUT2D eigenvalue weighted by atomic mass is 10.1. The van der Waals surface area contributed by atoms with E-state index in [9.17, 15) is 9.50 Å². The molecule has 0 aliphatic heterocycles. The number of nitrogens with one attached hydrogen (secondary N) is 1. The summed E-state index contributed by atoms with van der Waals surface area (Å²) in [4.78, 5) is 0. The first-order valence-electron chi connectivity index (χ1n) is 5.57. The van der Waals surface area contributed by atoms with Crippen molar-refractivity contribution in [2.24, 2.45) is 0 Å². The molecule has 0 aliphatic rings. The first-order chi connectivity index (χ1) is 8.56. The van der Waals surface area contributed by atoms with Crippen molar-refractivity contribution in [1.82, 2.24) is 0 Å². The Balaban J connectivity index is 2.19. The Morgan fingerprint density at radius 2 is 2.00 bits per heavy atom. The second kappa shape index (κ2) is 5.56. The van der Waals surface area contributed by atoms with Crippen LogP contribution >= 0.6 is 22.6 Å². The summed E-state index contributed by atoms with van der Waals surface area (Å²) in [6.07, 6.45) is 0. The van der Waals surface area contributed by atoms with E-state index in [1.807, 2.05) is 31.2 Å². The van der Waals surface area contributed by atoms with Gasteiger partial charge in [-0.05, 0) is 53.8 Å². The fourth-order valence-electron chi connectivity index (χ4n) is 1.77. The summed E-state index contributed by atoms with van der Waals surface area (Å²) in [5, 5.41) is 12.4. The Kier molecular flexibility index (Phi) is 4.06. The zero-order valence-corrected chi connectivity index (χ0v) is 12.0.